The number of aromatic nitrogens is 1. The molecule has 1 atom stereocenters. The molecule has 2 amide bonds. The molecule has 1 rings (SSSR count). The lowest BCUT2D eigenvalue weighted by Gasteiger charge is -2.12. The van der Waals surface area contributed by atoms with E-state index < -0.39 is 5.97 Å². The van der Waals surface area contributed by atoms with Crippen LogP contribution in [0.1, 0.15) is 35.3 Å². The zero-order chi connectivity index (χ0) is 15.0. The molecule has 3 N–H and O–H groups in total. The lowest BCUT2D eigenvalue weighted by molar-refractivity contribution is 0.0691. The van der Waals surface area contributed by atoms with E-state index in [9.17, 15) is 9.59 Å². The second-order valence-electron chi connectivity index (χ2n) is 4.09. The topological polar surface area (TPSA) is 91.3 Å². The van der Waals surface area contributed by atoms with Gasteiger partial charge in [0.15, 0.2) is 5.69 Å². The van der Waals surface area contributed by atoms with Crippen LogP contribution in [0.3, 0.4) is 0 Å². The number of carbonyl (C=O) groups excluding carboxylic acids is 1. The summed E-state index contributed by atoms with van der Waals surface area (Å²) in [5, 5.41) is 16.2. The van der Waals surface area contributed by atoms with Gasteiger partial charge >= 0.3 is 12.0 Å². The molecular weight excluding hydrogens is 278 g/mol. The van der Waals surface area contributed by atoms with E-state index in [2.05, 4.69) is 21.5 Å². The first-order valence-corrected chi connectivity index (χ1v) is 7.13. The third kappa shape index (κ3) is 5.28. The van der Waals surface area contributed by atoms with Crippen molar-refractivity contribution in [1.82, 2.24) is 15.6 Å². The van der Waals surface area contributed by atoms with Gasteiger partial charge in [-0.1, -0.05) is 19.3 Å². The number of carboxylic acid groups (broad SMARTS) is 1. The van der Waals surface area contributed by atoms with Gasteiger partial charge in [0.1, 0.15) is 0 Å². The maximum atomic E-state index is 11.6. The maximum absolute atomic E-state index is 11.6. The molecule has 6 nitrogen and oxygen atoms in total. The molecule has 0 saturated carbocycles. The number of thiazole rings is 1. The summed E-state index contributed by atoms with van der Waals surface area (Å²) in [6.07, 6.45) is 7.42. The summed E-state index contributed by atoms with van der Waals surface area (Å²) in [6, 6.07) is -0.588. The van der Waals surface area contributed by atoms with Crippen molar-refractivity contribution in [3.63, 3.8) is 0 Å². The van der Waals surface area contributed by atoms with Crippen LogP contribution < -0.4 is 10.6 Å². The zero-order valence-electron chi connectivity index (χ0n) is 11.2. The van der Waals surface area contributed by atoms with Gasteiger partial charge in [0.05, 0.1) is 11.0 Å². The Hall–Kier alpha value is -2.07. The number of carbonyl (C=O) groups is 2. The molecule has 20 heavy (non-hydrogen) atoms. The summed E-state index contributed by atoms with van der Waals surface area (Å²) >= 11 is 1.26. The normalized spacial score (nSPS) is 11.4. The molecule has 0 saturated heterocycles. The molecule has 108 valence electrons. The second-order valence-corrected chi connectivity index (χ2v) is 5.03. The molecule has 1 heterocycles. The van der Waals surface area contributed by atoms with E-state index in [1.165, 1.54) is 16.7 Å². The van der Waals surface area contributed by atoms with E-state index in [1.807, 2.05) is 6.92 Å². The average molecular weight is 295 g/mol. The summed E-state index contributed by atoms with van der Waals surface area (Å²) in [5.41, 5.74) is 0.0322. The van der Waals surface area contributed by atoms with E-state index in [1.54, 1.807) is 0 Å². The number of urea groups is 1. The summed E-state index contributed by atoms with van der Waals surface area (Å²) in [6.45, 7) is 2.37. The molecule has 1 aromatic heterocycles. The molecule has 0 aliphatic rings. The van der Waals surface area contributed by atoms with Crippen LogP contribution in [0.25, 0.3) is 0 Å². The van der Waals surface area contributed by atoms with Crippen molar-refractivity contribution in [2.75, 3.05) is 6.54 Å². The number of aromatic carboxylic acids is 1. The average Bonchev–Trinajstić information content (AvgIpc) is 2.87. The van der Waals surface area contributed by atoms with Crippen LogP contribution in [-0.2, 0) is 6.42 Å². The molecule has 1 aromatic rings. The fraction of sp³-hybridized carbons (Fsp3) is 0.462. The number of nitrogens with zero attached hydrogens (tertiary/aromatic N) is 1. The summed E-state index contributed by atoms with van der Waals surface area (Å²) < 4.78 is 0. The monoisotopic (exact) mass is 295 g/mol. The zero-order valence-corrected chi connectivity index (χ0v) is 12.0. The van der Waals surface area contributed by atoms with Crippen molar-refractivity contribution in [3.8, 4) is 12.3 Å². The molecule has 0 bridgehead atoms. The highest BCUT2D eigenvalue weighted by Crippen LogP contribution is 2.09. The second kappa shape index (κ2) is 8.17. The minimum Gasteiger partial charge on any atom is -0.476 e. The standard InChI is InChI=1S/C13H17N3O3S/c1-3-5-9(4-2)15-13(19)14-7-6-11-16-10(8-20-11)12(17)18/h2,8-9H,3,5-7H2,1H3,(H,17,18)(H2,14,15,19). The lowest BCUT2D eigenvalue weighted by Crippen LogP contribution is -2.42. The maximum Gasteiger partial charge on any atom is 0.355 e. The van der Waals surface area contributed by atoms with Crippen LogP contribution in [0.5, 0.6) is 0 Å². The highest BCUT2D eigenvalue weighted by atomic mass is 32.1. The number of amides is 2. The Kier molecular flexibility index (Phi) is 6.53. The molecule has 0 spiro atoms. The van der Waals surface area contributed by atoms with Gasteiger partial charge in [-0.2, -0.15) is 0 Å². The minimum atomic E-state index is -1.05. The van der Waals surface area contributed by atoms with Gasteiger partial charge in [-0.05, 0) is 6.42 Å². The van der Waals surface area contributed by atoms with Crippen LogP contribution in [0.4, 0.5) is 4.79 Å². The third-order valence-corrected chi connectivity index (χ3v) is 3.39. The van der Waals surface area contributed by atoms with Gasteiger partial charge in [-0.3, -0.25) is 0 Å². The van der Waals surface area contributed by atoms with Crippen LogP contribution in [0, 0.1) is 12.3 Å². The van der Waals surface area contributed by atoms with Crippen LogP contribution in [0.15, 0.2) is 5.38 Å². The van der Waals surface area contributed by atoms with Crippen molar-refractivity contribution in [2.24, 2.45) is 0 Å². The van der Waals surface area contributed by atoms with E-state index in [0.29, 0.717) is 18.0 Å². The highest BCUT2D eigenvalue weighted by molar-refractivity contribution is 7.09. The van der Waals surface area contributed by atoms with Crippen molar-refractivity contribution >= 4 is 23.3 Å². The number of carboxylic acids is 1. The van der Waals surface area contributed by atoms with Gasteiger partial charge in [0.2, 0.25) is 0 Å². The lowest BCUT2D eigenvalue weighted by atomic mass is 10.2. The van der Waals surface area contributed by atoms with E-state index in [4.69, 9.17) is 11.5 Å². The van der Waals surface area contributed by atoms with Gasteiger partial charge in [-0.15, -0.1) is 17.8 Å². The first-order chi connectivity index (χ1) is 9.56. The van der Waals surface area contributed by atoms with Crippen molar-refractivity contribution < 1.29 is 14.7 Å². The molecule has 7 heteroatoms. The van der Waals surface area contributed by atoms with Crippen molar-refractivity contribution in [1.29, 1.82) is 0 Å². The molecule has 0 radical (unpaired) electrons. The SMILES string of the molecule is C#CC(CCC)NC(=O)NCCc1nc(C(=O)O)cs1. The Bertz CT molecular complexity index is 507. The molecule has 0 aromatic carbocycles. The molecular formula is C13H17N3O3S. The highest BCUT2D eigenvalue weighted by Gasteiger charge is 2.10. The molecule has 0 aliphatic carbocycles. The quantitative estimate of drug-likeness (QED) is 0.665. The Morgan fingerprint density at radius 3 is 2.90 bits per heavy atom. The Labute approximate surface area is 121 Å². The number of hydrogen-bond donors (Lipinski definition) is 3. The first kappa shape index (κ1) is 16.0. The van der Waals surface area contributed by atoms with E-state index in [-0.39, 0.29) is 17.8 Å². The smallest absolute Gasteiger partial charge is 0.355 e. The molecule has 0 aliphatic heterocycles. The van der Waals surface area contributed by atoms with E-state index in [0.717, 1.165) is 12.8 Å². The first-order valence-electron chi connectivity index (χ1n) is 6.25. The third-order valence-electron chi connectivity index (χ3n) is 2.48. The summed E-state index contributed by atoms with van der Waals surface area (Å²) in [4.78, 5) is 26.1. The number of hydrogen-bond acceptors (Lipinski definition) is 4. The van der Waals surface area contributed by atoms with Crippen molar-refractivity contribution in [2.45, 2.75) is 32.2 Å². The summed E-state index contributed by atoms with van der Waals surface area (Å²) in [5.74, 6) is 1.46. The van der Waals surface area contributed by atoms with Gasteiger partial charge in [0.25, 0.3) is 0 Å². The van der Waals surface area contributed by atoms with Crippen molar-refractivity contribution in [3.05, 3.63) is 16.1 Å². The predicted octanol–water partition coefficient (Wildman–Crippen LogP) is 1.48. The van der Waals surface area contributed by atoms with Gasteiger partial charge < -0.3 is 15.7 Å². The Morgan fingerprint density at radius 1 is 1.60 bits per heavy atom. The van der Waals surface area contributed by atoms with Gasteiger partial charge in [-0.25, -0.2) is 14.6 Å². The van der Waals surface area contributed by atoms with Crippen LogP contribution >= 0.6 is 11.3 Å². The number of terminal acetylenes is 1. The number of rotatable bonds is 7. The largest absolute Gasteiger partial charge is 0.476 e. The fourth-order valence-corrected chi connectivity index (χ4v) is 2.27. The molecule has 1 unspecified atom stereocenters. The minimum absolute atomic E-state index is 0.0322. The Morgan fingerprint density at radius 2 is 2.35 bits per heavy atom. The number of nitrogens with one attached hydrogen (secondary N) is 2. The van der Waals surface area contributed by atoms with Crippen LogP contribution in [0.2, 0.25) is 0 Å². The van der Waals surface area contributed by atoms with Crippen LogP contribution in [-0.4, -0.2) is 34.7 Å². The fourth-order valence-electron chi connectivity index (χ4n) is 1.50. The predicted molar refractivity (Wildman–Crippen MR) is 76.8 cm³/mol. The van der Waals surface area contributed by atoms with E-state index >= 15 is 0 Å². The van der Waals surface area contributed by atoms with Gasteiger partial charge in [0, 0.05) is 18.3 Å². The Balaban J connectivity index is 2.31. The molecule has 0 fully saturated rings. The summed E-state index contributed by atoms with van der Waals surface area (Å²) in [7, 11) is 0.